The molecule has 28 heavy (non-hydrogen) atoms. The summed E-state index contributed by atoms with van der Waals surface area (Å²) >= 11 is 1.57. The largest absolute Gasteiger partial charge is 0.497 e. The Balaban J connectivity index is 1.80. The first-order chi connectivity index (χ1) is 13.5. The highest BCUT2D eigenvalue weighted by Crippen LogP contribution is 2.54. The van der Waals surface area contributed by atoms with Crippen molar-refractivity contribution in [3.63, 3.8) is 0 Å². The number of rotatable bonds is 4. The predicted octanol–water partition coefficient (Wildman–Crippen LogP) is 3.69. The Morgan fingerprint density at radius 3 is 2.82 bits per heavy atom. The Bertz CT molecular complexity index is 945. The minimum absolute atomic E-state index is 0.0223. The number of ether oxygens (including phenoxy) is 1. The standard InChI is InChI=1S/C22H24N2O3S/c1-4-20(25)24-10-11-28-22(24)18-12-15(2)8-9-19(18)23(21(22)26)14-16-6-5-7-17(13-16)27-3/h5-9,12-13H,4,10-11,14H2,1-3H3/t22-/m1/s1. The van der Waals surface area contributed by atoms with Gasteiger partial charge in [0.2, 0.25) is 5.91 Å². The number of methoxy groups -OCH3 is 1. The van der Waals surface area contributed by atoms with Gasteiger partial charge in [0.15, 0.2) is 4.87 Å². The van der Waals surface area contributed by atoms with Crippen molar-refractivity contribution in [2.24, 2.45) is 0 Å². The molecule has 0 unspecified atom stereocenters. The molecule has 0 aliphatic carbocycles. The second-order valence-corrected chi connectivity index (χ2v) is 8.44. The van der Waals surface area contributed by atoms with Gasteiger partial charge in [-0.3, -0.25) is 9.59 Å². The Labute approximate surface area is 169 Å². The quantitative estimate of drug-likeness (QED) is 0.791. The van der Waals surface area contributed by atoms with Crippen molar-refractivity contribution in [3.8, 4) is 5.75 Å². The van der Waals surface area contributed by atoms with Crippen molar-refractivity contribution in [1.29, 1.82) is 0 Å². The van der Waals surface area contributed by atoms with Gasteiger partial charge in [0.05, 0.1) is 19.3 Å². The highest BCUT2D eigenvalue weighted by Gasteiger charge is 2.59. The highest BCUT2D eigenvalue weighted by atomic mass is 32.2. The fourth-order valence-corrected chi connectivity index (χ4v) is 5.56. The van der Waals surface area contributed by atoms with Crippen molar-refractivity contribution < 1.29 is 14.3 Å². The first-order valence-electron chi connectivity index (χ1n) is 9.51. The van der Waals surface area contributed by atoms with Crippen LogP contribution in [0.1, 0.15) is 30.0 Å². The average Bonchev–Trinajstić information content (AvgIpc) is 3.25. The Morgan fingerprint density at radius 1 is 1.25 bits per heavy atom. The summed E-state index contributed by atoms with van der Waals surface area (Å²) in [6.07, 6.45) is 0.395. The molecule has 1 fully saturated rings. The lowest BCUT2D eigenvalue weighted by Crippen LogP contribution is -2.50. The van der Waals surface area contributed by atoms with Gasteiger partial charge < -0.3 is 14.5 Å². The first-order valence-corrected chi connectivity index (χ1v) is 10.5. The molecule has 1 spiro atoms. The van der Waals surface area contributed by atoms with Gasteiger partial charge in [-0.05, 0) is 30.7 Å². The van der Waals surface area contributed by atoms with Crippen LogP contribution in [0.25, 0.3) is 0 Å². The molecule has 0 N–H and O–H groups in total. The van der Waals surface area contributed by atoms with Gasteiger partial charge in [-0.1, -0.05) is 36.8 Å². The molecule has 146 valence electrons. The summed E-state index contributed by atoms with van der Waals surface area (Å²) in [5, 5.41) is 0. The van der Waals surface area contributed by atoms with Crippen molar-refractivity contribution in [2.45, 2.75) is 31.7 Å². The van der Waals surface area contributed by atoms with Crippen LogP contribution < -0.4 is 9.64 Å². The van der Waals surface area contributed by atoms with Crippen LogP contribution in [-0.2, 0) is 21.0 Å². The molecular formula is C22H24N2O3S. The number of hydrogen-bond acceptors (Lipinski definition) is 4. The summed E-state index contributed by atoms with van der Waals surface area (Å²) in [4.78, 5) is 29.1. The van der Waals surface area contributed by atoms with E-state index >= 15 is 0 Å². The summed E-state index contributed by atoms with van der Waals surface area (Å²) in [6.45, 7) is 4.92. The normalized spacial score (nSPS) is 20.8. The van der Waals surface area contributed by atoms with Gasteiger partial charge in [-0.25, -0.2) is 0 Å². The molecule has 2 aromatic rings. The number of hydrogen-bond donors (Lipinski definition) is 0. The molecule has 4 rings (SSSR count). The maximum absolute atomic E-state index is 13.8. The van der Waals surface area contributed by atoms with Crippen LogP contribution in [0.3, 0.4) is 0 Å². The number of thioether (sulfide) groups is 1. The number of amides is 2. The summed E-state index contributed by atoms with van der Waals surface area (Å²) in [6, 6.07) is 13.8. The number of anilines is 1. The zero-order chi connectivity index (χ0) is 19.9. The highest BCUT2D eigenvalue weighted by molar-refractivity contribution is 8.01. The molecule has 2 aromatic carbocycles. The number of nitrogens with zero attached hydrogens (tertiary/aromatic N) is 2. The fraction of sp³-hybridized carbons (Fsp3) is 0.364. The smallest absolute Gasteiger partial charge is 0.268 e. The fourth-order valence-electron chi connectivity index (χ4n) is 4.09. The lowest BCUT2D eigenvalue weighted by Gasteiger charge is -2.33. The van der Waals surface area contributed by atoms with Gasteiger partial charge >= 0.3 is 0 Å². The molecule has 1 saturated heterocycles. The summed E-state index contributed by atoms with van der Waals surface area (Å²) < 4.78 is 5.33. The molecule has 0 saturated carbocycles. The maximum atomic E-state index is 13.8. The molecule has 2 aliphatic rings. The molecule has 2 aliphatic heterocycles. The van der Waals surface area contributed by atoms with Gasteiger partial charge in [-0.2, -0.15) is 0 Å². The molecule has 5 nitrogen and oxygen atoms in total. The van der Waals surface area contributed by atoms with E-state index in [4.69, 9.17) is 4.74 Å². The average molecular weight is 397 g/mol. The molecule has 0 radical (unpaired) electrons. The van der Waals surface area contributed by atoms with Crippen molar-refractivity contribution in [2.75, 3.05) is 24.3 Å². The number of aryl methyl sites for hydroxylation is 1. The maximum Gasteiger partial charge on any atom is 0.268 e. The zero-order valence-corrected chi connectivity index (χ0v) is 17.2. The van der Waals surface area contributed by atoms with E-state index in [-0.39, 0.29) is 11.8 Å². The topological polar surface area (TPSA) is 49.9 Å². The van der Waals surface area contributed by atoms with E-state index in [2.05, 4.69) is 6.07 Å². The second kappa shape index (κ2) is 7.17. The van der Waals surface area contributed by atoms with Crippen LogP contribution in [0.4, 0.5) is 5.69 Å². The van der Waals surface area contributed by atoms with Gasteiger partial charge in [0, 0.05) is 24.3 Å². The summed E-state index contributed by atoms with van der Waals surface area (Å²) in [5.74, 6) is 1.52. The van der Waals surface area contributed by atoms with E-state index in [1.165, 1.54) is 0 Å². The Morgan fingerprint density at radius 2 is 2.07 bits per heavy atom. The lowest BCUT2D eigenvalue weighted by atomic mass is 10.0. The third kappa shape index (κ3) is 2.78. The molecule has 2 heterocycles. The minimum atomic E-state index is -0.937. The van der Waals surface area contributed by atoms with E-state index in [1.54, 1.807) is 23.8 Å². The van der Waals surface area contributed by atoms with Crippen LogP contribution in [0.2, 0.25) is 0 Å². The van der Waals surface area contributed by atoms with Gasteiger partial charge in [0.25, 0.3) is 5.91 Å². The van der Waals surface area contributed by atoms with E-state index in [0.717, 1.165) is 33.9 Å². The summed E-state index contributed by atoms with van der Waals surface area (Å²) in [5.41, 5.74) is 3.91. The molecule has 1 atom stereocenters. The SMILES string of the molecule is CCC(=O)N1CCS[C@]12C(=O)N(Cc1cccc(OC)c1)c1ccc(C)cc12. The predicted molar refractivity (Wildman–Crippen MR) is 112 cm³/mol. The van der Waals surface area contributed by atoms with Gasteiger partial charge in [-0.15, -0.1) is 11.8 Å². The first kappa shape index (κ1) is 18.9. The third-order valence-corrected chi connectivity index (χ3v) is 6.85. The molecular weight excluding hydrogens is 372 g/mol. The van der Waals surface area contributed by atoms with E-state index < -0.39 is 4.87 Å². The van der Waals surface area contributed by atoms with Crippen molar-refractivity contribution in [3.05, 3.63) is 59.2 Å². The van der Waals surface area contributed by atoms with Gasteiger partial charge in [0.1, 0.15) is 5.75 Å². The van der Waals surface area contributed by atoms with Crippen LogP contribution in [0.15, 0.2) is 42.5 Å². The monoisotopic (exact) mass is 396 g/mol. The van der Waals surface area contributed by atoms with Crippen LogP contribution in [0.5, 0.6) is 5.75 Å². The third-order valence-electron chi connectivity index (χ3n) is 5.43. The Hall–Kier alpha value is -2.47. The number of benzene rings is 2. The van der Waals surface area contributed by atoms with Crippen LogP contribution in [-0.4, -0.2) is 36.1 Å². The van der Waals surface area contributed by atoms with Crippen molar-refractivity contribution in [1.82, 2.24) is 4.90 Å². The van der Waals surface area contributed by atoms with Crippen LogP contribution >= 0.6 is 11.8 Å². The molecule has 0 aromatic heterocycles. The Kier molecular flexibility index (Phi) is 4.83. The molecule has 6 heteroatoms. The van der Waals surface area contributed by atoms with Crippen molar-refractivity contribution >= 4 is 29.3 Å². The van der Waals surface area contributed by atoms with E-state index in [9.17, 15) is 9.59 Å². The number of fused-ring (bicyclic) bond motifs is 2. The number of carbonyl (C=O) groups is 2. The lowest BCUT2D eigenvalue weighted by molar-refractivity contribution is -0.139. The molecule has 2 amide bonds. The zero-order valence-electron chi connectivity index (χ0n) is 16.4. The van der Waals surface area contributed by atoms with Crippen LogP contribution in [0, 0.1) is 6.92 Å². The second-order valence-electron chi connectivity index (χ2n) is 7.15. The van der Waals surface area contributed by atoms with E-state index in [1.807, 2.05) is 55.1 Å². The summed E-state index contributed by atoms with van der Waals surface area (Å²) in [7, 11) is 1.64. The molecule has 0 bridgehead atoms. The minimum Gasteiger partial charge on any atom is -0.497 e. The number of carbonyl (C=O) groups excluding carboxylic acids is 2. The van der Waals surface area contributed by atoms with E-state index in [0.29, 0.717) is 19.5 Å².